The van der Waals surface area contributed by atoms with Crippen molar-refractivity contribution in [2.75, 3.05) is 18.6 Å². The second-order valence-electron chi connectivity index (χ2n) is 6.39. The van der Waals surface area contributed by atoms with E-state index in [2.05, 4.69) is 50.4 Å². The number of hydrogen-bond acceptors (Lipinski definition) is 3. The predicted octanol–water partition coefficient (Wildman–Crippen LogP) is 2.98. The van der Waals surface area contributed by atoms with Gasteiger partial charge in [-0.25, -0.2) is 8.42 Å². The normalized spacial score (nSPS) is 13.6. The largest absolute Gasteiger partial charge is 0.314 e. The molecular weight excluding hydrogens is 282 g/mol. The van der Waals surface area contributed by atoms with Crippen LogP contribution in [0.1, 0.15) is 37.8 Å². The first kappa shape index (κ1) is 18.2. The molecule has 0 radical (unpaired) electrons. The lowest BCUT2D eigenvalue weighted by atomic mass is 9.94. The molecule has 1 aromatic rings. The number of sulfone groups is 1. The summed E-state index contributed by atoms with van der Waals surface area (Å²) in [7, 11) is -2.85. The van der Waals surface area contributed by atoms with Crippen LogP contribution in [-0.2, 0) is 16.3 Å². The SMILES string of the molecule is Cc1ccc(CC(CCCS(C)(=O)=O)CNC(C)C)cc1. The van der Waals surface area contributed by atoms with Gasteiger partial charge in [0.05, 0.1) is 0 Å². The summed E-state index contributed by atoms with van der Waals surface area (Å²) >= 11 is 0. The molecule has 0 aliphatic heterocycles. The van der Waals surface area contributed by atoms with E-state index < -0.39 is 9.84 Å². The zero-order chi connectivity index (χ0) is 15.9. The maximum atomic E-state index is 11.3. The summed E-state index contributed by atoms with van der Waals surface area (Å²) in [6.45, 7) is 7.31. The number of nitrogens with one attached hydrogen (secondary N) is 1. The molecule has 1 aromatic carbocycles. The van der Waals surface area contributed by atoms with Gasteiger partial charge in [0.25, 0.3) is 0 Å². The topological polar surface area (TPSA) is 46.2 Å². The van der Waals surface area contributed by atoms with E-state index in [1.54, 1.807) is 0 Å². The Kier molecular flexibility index (Phi) is 7.40. The molecule has 1 rings (SSSR count). The van der Waals surface area contributed by atoms with Crippen molar-refractivity contribution < 1.29 is 8.42 Å². The van der Waals surface area contributed by atoms with Crippen molar-refractivity contribution >= 4 is 9.84 Å². The van der Waals surface area contributed by atoms with Gasteiger partial charge in [0.15, 0.2) is 0 Å². The summed E-state index contributed by atoms with van der Waals surface area (Å²) in [6, 6.07) is 9.08. The van der Waals surface area contributed by atoms with Crippen LogP contribution in [0.4, 0.5) is 0 Å². The van der Waals surface area contributed by atoms with Gasteiger partial charge in [0.2, 0.25) is 0 Å². The third-order valence-electron chi connectivity index (χ3n) is 3.59. The average Bonchev–Trinajstić information content (AvgIpc) is 2.36. The second-order valence-corrected chi connectivity index (χ2v) is 8.65. The van der Waals surface area contributed by atoms with Crippen molar-refractivity contribution in [3.05, 3.63) is 35.4 Å². The van der Waals surface area contributed by atoms with Crippen molar-refractivity contribution in [3.8, 4) is 0 Å². The minimum atomic E-state index is -2.85. The van der Waals surface area contributed by atoms with Gasteiger partial charge in [-0.15, -0.1) is 0 Å². The smallest absolute Gasteiger partial charge is 0.147 e. The Hall–Kier alpha value is -0.870. The Morgan fingerprint density at radius 1 is 1.14 bits per heavy atom. The van der Waals surface area contributed by atoms with Gasteiger partial charge in [0.1, 0.15) is 9.84 Å². The fourth-order valence-electron chi connectivity index (χ4n) is 2.37. The highest BCUT2D eigenvalue weighted by atomic mass is 32.2. The van der Waals surface area contributed by atoms with Crippen LogP contribution in [0.2, 0.25) is 0 Å². The van der Waals surface area contributed by atoms with Crippen molar-refractivity contribution in [2.45, 2.75) is 46.1 Å². The molecule has 0 heterocycles. The molecule has 1 unspecified atom stereocenters. The molecule has 3 nitrogen and oxygen atoms in total. The van der Waals surface area contributed by atoms with E-state index >= 15 is 0 Å². The Morgan fingerprint density at radius 3 is 2.29 bits per heavy atom. The summed E-state index contributed by atoms with van der Waals surface area (Å²) in [5, 5.41) is 3.48. The Balaban J connectivity index is 2.56. The molecule has 0 saturated carbocycles. The molecule has 0 amide bonds. The molecule has 1 N–H and O–H groups in total. The first-order chi connectivity index (χ1) is 9.76. The van der Waals surface area contributed by atoms with Crippen LogP contribution in [0.15, 0.2) is 24.3 Å². The number of aryl methyl sites for hydroxylation is 1. The van der Waals surface area contributed by atoms with Crippen LogP contribution >= 0.6 is 0 Å². The monoisotopic (exact) mass is 311 g/mol. The van der Waals surface area contributed by atoms with Crippen LogP contribution in [0.25, 0.3) is 0 Å². The Bertz CT molecular complexity index is 506. The number of benzene rings is 1. The van der Waals surface area contributed by atoms with Gasteiger partial charge < -0.3 is 5.32 Å². The maximum absolute atomic E-state index is 11.3. The predicted molar refractivity (Wildman–Crippen MR) is 90.5 cm³/mol. The summed E-state index contributed by atoms with van der Waals surface area (Å²) < 4.78 is 22.5. The minimum absolute atomic E-state index is 0.291. The van der Waals surface area contributed by atoms with E-state index in [1.807, 2.05) is 0 Å². The third kappa shape index (κ3) is 8.89. The van der Waals surface area contributed by atoms with Crippen LogP contribution in [0, 0.1) is 12.8 Å². The fourth-order valence-corrected chi connectivity index (χ4v) is 3.06. The molecule has 0 aromatic heterocycles. The third-order valence-corrected chi connectivity index (χ3v) is 4.62. The quantitative estimate of drug-likeness (QED) is 0.762. The van der Waals surface area contributed by atoms with Crippen molar-refractivity contribution in [1.82, 2.24) is 5.32 Å². The van der Waals surface area contributed by atoms with E-state index in [9.17, 15) is 8.42 Å². The van der Waals surface area contributed by atoms with Gasteiger partial charge in [-0.05, 0) is 44.2 Å². The number of rotatable bonds is 9. The van der Waals surface area contributed by atoms with Gasteiger partial charge in [0, 0.05) is 18.1 Å². The zero-order valence-electron chi connectivity index (χ0n) is 13.7. The molecule has 120 valence electrons. The average molecular weight is 311 g/mol. The fraction of sp³-hybridized carbons (Fsp3) is 0.647. The van der Waals surface area contributed by atoms with E-state index in [4.69, 9.17) is 0 Å². The number of hydrogen-bond donors (Lipinski definition) is 1. The Morgan fingerprint density at radius 2 is 1.76 bits per heavy atom. The van der Waals surface area contributed by atoms with E-state index in [0.29, 0.717) is 17.7 Å². The van der Waals surface area contributed by atoms with E-state index in [-0.39, 0.29) is 0 Å². The van der Waals surface area contributed by atoms with Crippen molar-refractivity contribution in [2.24, 2.45) is 5.92 Å². The van der Waals surface area contributed by atoms with Crippen LogP contribution in [-0.4, -0.2) is 33.0 Å². The molecule has 0 spiro atoms. The molecule has 0 aliphatic rings. The molecule has 0 aliphatic carbocycles. The van der Waals surface area contributed by atoms with Gasteiger partial charge in [-0.1, -0.05) is 43.7 Å². The molecule has 21 heavy (non-hydrogen) atoms. The molecule has 4 heteroatoms. The lowest BCUT2D eigenvalue weighted by molar-refractivity contribution is 0.418. The van der Waals surface area contributed by atoms with Crippen LogP contribution in [0.5, 0.6) is 0 Å². The summed E-state index contributed by atoms with van der Waals surface area (Å²) in [5.74, 6) is 0.774. The van der Waals surface area contributed by atoms with Gasteiger partial charge >= 0.3 is 0 Å². The van der Waals surface area contributed by atoms with E-state index in [1.165, 1.54) is 17.4 Å². The summed E-state index contributed by atoms with van der Waals surface area (Å²) in [6.07, 6.45) is 4.01. The second kappa shape index (κ2) is 8.54. The highest BCUT2D eigenvalue weighted by molar-refractivity contribution is 7.90. The highest BCUT2D eigenvalue weighted by Crippen LogP contribution is 2.15. The lowest BCUT2D eigenvalue weighted by Crippen LogP contribution is -2.30. The van der Waals surface area contributed by atoms with E-state index in [0.717, 1.165) is 25.8 Å². The lowest BCUT2D eigenvalue weighted by Gasteiger charge is -2.19. The van der Waals surface area contributed by atoms with Crippen molar-refractivity contribution in [1.29, 1.82) is 0 Å². The molecule has 0 saturated heterocycles. The van der Waals surface area contributed by atoms with Crippen LogP contribution in [0.3, 0.4) is 0 Å². The summed E-state index contributed by atoms with van der Waals surface area (Å²) in [4.78, 5) is 0. The van der Waals surface area contributed by atoms with Crippen molar-refractivity contribution in [3.63, 3.8) is 0 Å². The molecule has 0 bridgehead atoms. The van der Waals surface area contributed by atoms with Gasteiger partial charge in [-0.2, -0.15) is 0 Å². The van der Waals surface area contributed by atoms with Gasteiger partial charge in [-0.3, -0.25) is 0 Å². The highest BCUT2D eigenvalue weighted by Gasteiger charge is 2.12. The molecule has 0 fully saturated rings. The molecule has 1 atom stereocenters. The maximum Gasteiger partial charge on any atom is 0.147 e. The standard InChI is InChI=1S/C17H29NO2S/c1-14(2)18-13-17(6-5-11-21(4,19)20)12-16-9-7-15(3)8-10-16/h7-10,14,17-18H,5-6,11-13H2,1-4H3. The molecular formula is C17H29NO2S. The minimum Gasteiger partial charge on any atom is -0.314 e. The summed E-state index contributed by atoms with van der Waals surface area (Å²) in [5.41, 5.74) is 2.60. The van der Waals surface area contributed by atoms with Crippen LogP contribution < -0.4 is 5.32 Å². The first-order valence-electron chi connectivity index (χ1n) is 7.73. The zero-order valence-corrected chi connectivity index (χ0v) is 14.5. The Labute approximate surface area is 130 Å². The first-order valence-corrected chi connectivity index (χ1v) is 9.79.